The molecule has 2 unspecified atom stereocenters. The number of morpholine rings is 1. The van der Waals surface area contributed by atoms with E-state index in [2.05, 4.69) is 4.90 Å². The average Bonchev–Trinajstić information content (AvgIpc) is 2.93. The van der Waals surface area contributed by atoms with Crippen LogP contribution in [0, 0.1) is 0 Å². The van der Waals surface area contributed by atoms with Crippen LogP contribution in [0.1, 0.15) is 17.0 Å². The maximum Gasteiger partial charge on any atom is 0.371 e. The molecule has 1 aromatic rings. The third kappa shape index (κ3) is 1.31. The molecule has 1 aromatic heterocycles. The summed E-state index contributed by atoms with van der Waals surface area (Å²) in [6.07, 6.45) is 1.30. The molecular weight excluding hydrogens is 198 g/mol. The van der Waals surface area contributed by atoms with Gasteiger partial charge in [0.1, 0.15) is 0 Å². The Morgan fingerprint density at radius 1 is 1.53 bits per heavy atom. The third-order valence-electron chi connectivity index (χ3n) is 2.99. The van der Waals surface area contributed by atoms with Gasteiger partial charge in [-0.2, -0.15) is 0 Å². The second-order valence-electron chi connectivity index (χ2n) is 3.94. The first-order valence-electron chi connectivity index (χ1n) is 4.95. The Hall–Kier alpha value is -1.49. The molecule has 1 N–H and O–H groups in total. The molecule has 2 aliphatic rings. The zero-order valence-corrected chi connectivity index (χ0v) is 8.05. The Balaban J connectivity index is 1.84. The molecule has 5 heteroatoms. The Bertz CT molecular complexity index is 400. The molecule has 3 rings (SSSR count). The van der Waals surface area contributed by atoms with Gasteiger partial charge >= 0.3 is 5.97 Å². The van der Waals surface area contributed by atoms with Crippen LogP contribution in [0.15, 0.2) is 16.5 Å². The van der Waals surface area contributed by atoms with Crippen LogP contribution in [0.5, 0.6) is 0 Å². The molecule has 0 aromatic carbocycles. The van der Waals surface area contributed by atoms with Crippen LogP contribution in [0.25, 0.3) is 0 Å². The lowest BCUT2D eigenvalue weighted by Gasteiger charge is -2.26. The quantitative estimate of drug-likeness (QED) is 0.785. The minimum atomic E-state index is -1.03. The Morgan fingerprint density at radius 2 is 2.40 bits per heavy atom. The zero-order valence-electron chi connectivity index (χ0n) is 8.05. The number of hydrogen-bond acceptors (Lipinski definition) is 4. The fraction of sp³-hybridized carbons (Fsp3) is 0.500. The van der Waals surface area contributed by atoms with Crippen molar-refractivity contribution >= 4 is 11.9 Å². The van der Waals surface area contributed by atoms with Gasteiger partial charge in [0.05, 0.1) is 18.8 Å². The van der Waals surface area contributed by atoms with Crippen molar-refractivity contribution in [3.63, 3.8) is 0 Å². The van der Waals surface area contributed by atoms with E-state index in [1.165, 1.54) is 6.07 Å². The smallest absolute Gasteiger partial charge is 0.371 e. The highest BCUT2D eigenvalue weighted by Gasteiger charge is 2.40. The van der Waals surface area contributed by atoms with Crippen molar-refractivity contribution in [2.24, 2.45) is 0 Å². The number of carboxylic acid groups (broad SMARTS) is 1. The van der Waals surface area contributed by atoms with Crippen LogP contribution < -0.4 is 4.90 Å². The molecule has 2 bridgehead atoms. The van der Waals surface area contributed by atoms with E-state index >= 15 is 0 Å². The largest absolute Gasteiger partial charge is 0.475 e. The van der Waals surface area contributed by atoms with E-state index in [1.807, 2.05) is 0 Å². The topological polar surface area (TPSA) is 62.9 Å². The predicted octanol–water partition coefficient (Wildman–Crippen LogP) is 0.955. The standard InChI is InChI=1S/C10H11NO4/c12-10(13)8-1-2-9(15-8)11-4-7-3-6(11)5-14-7/h1-2,6-7H,3-5H2,(H,12,13). The van der Waals surface area contributed by atoms with Gasteiger partial charge in [0.15, 0.2) is 5.88 Å². The summed E-state index contributed by atoms with van der Waals surface area (Å²) in [5.41, 5.74) is 0. The number of nitrogens with zero attached hydrogens (tertiary/aromatic N) is 1. The molecule has 0 saturated carbocycles. The van der Waals surface area contributed by atoms with Crippen molar-refractivity contribution in [2.45, 2.75) is 18.6 Å². The van der Waals surface area contributed by atoms with Crippen molar-refractivity contribution in [1.82, 2.24) is 0 Å². The van der Waals surface area contributed by atoms with Gasteiger partial charge in [0.2, 0.25) is 5.76 Å². The Morgan fingerprint density at radius 3 is 2.93 bits per heavy atom. The minimum absolute atomic E-state index is 0.00584. The summed E-state index contributed by atoms with van der Waals surface area (Å²) < 4.78 is 10.7. The number of carbonyl (C=O) groups is 1. The van der Waals surface area contributed by atoms with Crippen molar-refractivity contribution < 1.29 is 19.1 Å². The van der Waals surface area contributed by atoms with Crippen LogP contribution in [-0.2, 0) is 4.74 Å². The maximum atomic E-state index is 10.7. The highest BCUT2D eigenvalue weighted by atomic mass is 16.5. The SMILES string of the molecule is O=C(O)c1ccc(N2CC3CC2CO3)o1. The van der Waals surface area contributed by atoms with Crippen LogP contribution in [-0.4, -0.2) is 36.4 Å². The van der Waals surface area contributed by atoms with Gasteiger partial charge in [-0.1, -0.05) is 0 Å². The average molecular weight is 209 g/mol. The molecule has 15 heavy (non-hydrogen) atoms. The molecule has 2 atom stereocenters. The molecule has 5 nitrogen and oxygen atoms in total. The molecule has 0 radical (unpaired) electrons. The summed E-state index contributed by atoms with van der Waals surface area (Å²) in [6, 6.07) is 3.55. The number of rotatable bonds is 2. The number of fused-ring (bicyclic) bond motifs is 2. The van der Waals surface area contributed by atoms with Gasteiger partial charge in [0.25, 0.3) is 0 Å². The highest BCUT2D eigenvalue weighted by molar-refractivity contribution is 5.84. The van der Waals surface area contributed by atoms with Crippen molar-refractivity contribution in [3.8, 4) is 0 Å². The van der Waals surface area contributed by atoms with Crippen LogP contribution in [0.3, 0.4) is 0 Å². The molecule has 80 valence electrons. The van der Waals surface area contributed by atoms with Crippen LogP contribution in [0.2, 0.25) is 0 Å². The van der Waals surface area contributed by atoms with Gasteiger partial charge in [-0.15, -0.1) is 0 Å². The predicted molar refractivity (Wildman–Crippen MR) is 51.2 cm³/mol. The molecule has 0 spiro atoms. The molecule has 2 aliphatic heterocycles. The molecule has 0 aliphatic carbocycles. The summed E-state index contributed by atoms with van der Waals surface area (Å²) in [5, 5.41) is 8.74. The van der Waals surface area contributed by atoms with Crippen molar-refractivity contribution in [1.29, 1.82) is 0 Å². The zero-order chi connectivity index (χ0) is 10.4. The summed E-state index contributed by atoms with van der Waals surface area (Å²) in [6.45, 7) is 1.52. The number of anilines is 1. The van der Waals surface area contributed by atoms with E-state index in [1.54, 1.807) is 6.07 Å². The first kappa shape index (κ1) is 8.79. The van der Waals surface area contributed by atoms with Crippen LogP contribution >= 0.6 is 0 Å². The van der Waals surface area contributed by atoms with Crippen molar-refractivity contribution in [3.05, 3.63) is 17.9 Å². The van der Waals surface area contributed by atoms with Crippen molar-refractivity contribution in [2.75, 3.05) is 18.1 Å². The van der Waals surface area contributed by atoms with Gasteiger partial charge in [-0.3, -0.25) is 0 Å². The van der Waals surface area contributed by atoms with E-state index < -0.39 is 5.97 Å². The monoisotopic (exact) mass is 209 g/mol. The third-order valence-corrected chi connectivity index (χ3v) is 2.99. The first-order chi connectivity index (χ1) is 7.24. The lowest BCUT2D eigenvalue weighted by molar-refractivity contribution is 0.0662. The summed E-state index contributed by atoms with van der Waals surface area (Å²) in [5.74, 6) is -0.390. The van der Waals surface area contributed by atoms with E-state index in [4.69, 9.17) is 14.3 Å². The normalized spacial score (nSPS) is 28.7. The Labute approximate surface area is 86.2 Å². The minimum Gasteiger partial charge on any atom is -0.475 e. The van der Waals surface area contributed by atoms with E-state index in [0.29, 0.717) is 18.5 Å². The summed E-state index contributed by atoms with van der Waals surface area (Å²) in [7, 11) is 0. The van der Waals surface area contributed by atoms with Crippen LogP contribution in [0.4, 0.5) is 5.88 Å². The fourth-order valence-electron chi connectivity index (χ4n) is 2.27. The number of aromatic carboxylic acids is 1. The van der Waals surface area contributed by atoms with Gasteiger partial charge in [-0.25, -0.2) is 4.79 Å². The molecule has 2 fully saturated rings. The lowest BCUT2D eigenvalue weighted by atomic mass is 10.2. The molecular formula is C10H11NO4. The Kier molecular flexibility index (Phi) is 1.76. The number of furan rings is 1. The van der Waals surface area contributed by atoms with E-state index in [0.717, 1.165) is 13.0 Å². The number of hydrogen-bond donors (Lipinski definition) is 1. The van der Waals surface area contributed by atoms with Gasteiger partial charge < -0.3 is 19.2 Å². The second-order valence-corrected chi connectivity index (χ2v) is 3.94. The summed E-state index contributed by atoms with van der Waals surface area (Å²) in [4.78, 5) is 12.7. The maximum absolute atomic E-state index is 10.7. The second kappa shape index (κ2) is 3.00. The van der Waals surface area contributed by atoms with E-state index in [-0.39, 0.29) is 11.9 Å². The first-order valence-corrected chi connectivity index (χ1v) is 4.95. The molecule has 3 heterocycles. The molecule has 0 amide bonds. The van der Waals surface area contributed by atoms with Gasteiger partial charge in [0, 0.05) is 12.6 Å². The summed E-state index contributed by atoms with van der Waals surface area (Å²) >= 11 is 0. The molecule has 2 saturated heterocycles. The number of ether oxygens (including phenoxy) is 1. The van der Waals surface area contributed by atoms with E-state index in [9.17, 15) is 4.79 Å². The number of carboxylic acids is 1. The lowest BCUT2D eigenvalue weighted by Crippen LogP contribution is -2.36. The van der Waals surface area contributed by atoms with Gasteiger partial charge in [-0.05, 0) is 12.5 Å². The highest BCUT2D eigenvalue weighted by Crippen LogP contribution is 2.33. The fourth-order valence-corrected chi connectivity index (χ4v) is 2.27.